The van der Waals surface area contributed by atoms with Gasteiger partial charge in [-0.2, -0.15) is 0 Å². The van der Waals surface area contributed by atoms with Crippen molar-refractivity contribution in [1.82, 2.24) is 0 Å². The largest absolute Gasteiger partial charge is 0.505 e. The third-order valence-corrected chi connectivity index (χ3v) is 5.43. The van der Waals surface area contributed by atoms with E-state index in [4.69, 9.17) is 4.74 Å². The van der Waals surface area contributed by atoms with E-state index in [0.717, 1.165) is 12.0 Å². The lowest BCUT2D eigenvalue weighted by Gasteiger charge is -2.30. The SMILES string of the molecule is CC(/C=C/C1=CCCCC1(C)C)=C\C=C\C(C)=C\C(=O)OCC(O)C1OC(=O)C(O)=C1O. The first kappa shape index (κ1) is 25.2. The van der Waals surface area contributed by atoms with Crippen LogP contribution in [0.2, 0.25) is 0 Å². The van der Waals surface area contributed by atoms with Gasteiger partial charge in [0.25, 0.3) is 0 Å². The number of esters is 2. The molecule has 2 rings (SSSR count). The van der Waals surface area contributed by atoms with Gasteiger partial charge in [0.2, 0.25) is 5.76 Å². The molecule has 0 aromatic heterocycles. The maximum Gasteiger partial charge on any atom is 0.377 e. The number of hydrogen-bond acceptors (Lipinski definition) is 7. The van der Waals surface area contributed by atoms with Crippen molar-refractivity contribution in [3.05, 3.63) is 70.8 Å². The van der Waals surface area contributed by atoms with E-state index in [-0.39, 0.29) is 5.41 Å². The minimum atomic E-state index is -1.50. The Bertz CT molecular complexity index is 913. The highest BCUT2D eigenvalue weighted by Crippen LogP contribution is 2.37. The summed E-state index contributed by atoms with van der Waals surface area (Å²) in [5, 5.41) is 28.7. The first-order chi connectivity index (χ1) is 15.0. The second-order valence-electron chi connectivity index (χ2n) is 8.68. The fourth-order valence-corrected chi connectivity index (χ4v) is 3.40. The Morgan fingerprint density at radius 3 is 2.62 bits per heavy atom. The monoisotopic (exact) mass is 444 g/mol. The van der Waals surface area contributed by atoms with Crippen molar-refractivity contribution in [3.63, 3.8) is 0 Å². The van der Waals surface area contributed by atoms with E-state index in [2.05, 4.69) is 36.8 Å². The molecule has 7 nitrogen and oxygen atoms in total. The normalized spacial score (nSPS) is 23.0. The molecule has 0 saturated carbocycles. The van der Waals surface area contributed by atoms with E-state index in [1.165, 1.54) is 24.5 Å². The van der Waals surface area contributed by atoms with Crippen LogP contribution in [0.3, 0.4) is 0 Å². The summed E-state index contributed by atoms with van der Waals surface area (Å²) in [6, 6.07) is 0. The summed E-state index contributed by atoms with van der Waals surface area (Å²) in [6.07, 6.45) is 13.9. The summed E-state index contributed by atoms with van der Waals surface area (Å²) in [7, 11) is 0. The van der Waals surface area contributed by atoms with Crippen LogP contribution in [-0.4, -0.2) is 46.1 Å². The third-order valence-electron chi connectivity index (χ3n) is 5.43. The smallest absolute Gasteiger partial charge is 0.377 e. The van der Waals surface area contributed by atoms with Gasteiger partial charge in [0.05, 0.1) is 0 Å². The first-order valence-electron chi connectivity index (χ1n) is 10.6. The maximum atomic E-state index is 11.9. The topological polar surface area (TPSA) is 113 Å². The molecule has 1 aliphatic carbocycles. The van der Waals surface area contributed by atoms with E-state index in [0.29, 0.717) is 5.57 Å². The number of aliphatic hydroxyl groups excluding tert-OH is 3. The lowest BCUT2D eigenvalue weighted by atomic mass is 9.75. The van der Waals surface area contributed by atoms with Crippen molar-refractivity contribution >= 4 is 11.9 Å². The Hall–Kier alpha value is -3.06. The Kier molecular flexibility index (Phi) is 8.66. The molecule has 2 aliphatic rings. The standard InChI is InChI=1S/C25H32O7/c1-16(11-12-18-10-5-6-13-25(18,3)4)8-7-9-17(2)14-20(27)31-15-19(26)23-21(28)22(29)24(30)32-23/h7-12,14,19,23,26,28-29H,5-6,13,15H2,1-4H3/b9-7+,12-11+,16-8+,17-14+. The Labute approximate surface area is 188 Å². The van der Waals surface area contributed by atoms with Gasteiger partial charge in [-0.05, 0) is 49.7 Å². The van der Waals surface area contributed by atoms with Crippen LogP contribution in [0.1, 0.15) is 47.0 Å². The van der Waals surface area contributed by atoms with Crippen molar-refractivity contribution in [2.24, 2.45) is 5.41 Å². The number of cyclic esters (lactones) is 1. The molecule has 2 atom stereocenters. The summed E-state index contributed by atoms with van der Waals surface area (Å²) < 4.78 is 9.53. The van der Waals surface area contributed by atoms with E-state index in [1.54, 1.807) is 13.0 Å². The highest BCUT2D eigenvalue weighted by Gasteiger charge is 2.39. The number of allylic oxidation sites excluding steroid dienone is 9. The van der Waals surface area contributed by atoms with Gasteiger partial charge in [0.15, 0.2) is 11.9 Å². The van der Waals surface area contributed by atoms with Crippen molar-refractivity contribution in [2.75, 3.05) is 6.61 Å². The van der Waals surface area contributed by atoms with Gasteiger partial charge in [-0.25, -0.2) is 9.59 Å². The molecule has 0 radical (unpaired) electrons. The molecule has 0 fully saturated rings. The zero-order valence-electron chi connectivity index (χ0n) is 19.0. The van der Waals surface area contributed by atoms with Gasteiger partial charge in [-0.1, -0.05) is 55.9 Å². The number of carbonyl (C=O) groups excluding carboxylic acids is 2. The van der Waals surface area contributed by atoms with E-state index in [9.17, 15) is 24.9 Å². The van der Waals surface area contributed by atoms with Gasteiger partial charge < -0.3 is 24.8 Å². The molecule has 0 bridgehead atoms. The van der Waals surface area contributed by atoms with Gasteiger partial charge in [0.1, 0.15) is 12.7 Å². The van der Waals surface area contributed by atoms with Gasteiger partial charge in [0, 0.05) is 6.08 Å². The summed E-state index contributed by atoms with van der Waals surface area (Å²) in [4.78, 5) is 23.1. The lowest BCUT2D eigenvalue weighted by Crippen LogP contribution is -2.33. The molecular weight excluding hydrogens is 412 g/mol. The van der Waals surface area contributed by atoms with Crippen LogP contribution >= 0.6 is 0 Å². The number of aliphatic hydroxyl groups is 3. The maximum absolute atomic E-state index is 11.9. The van der Waals surface area contributed by atoms with Gasteiger partial charge in [-0.3, -0.25) is 0 Å². The van der Waals surface area contributed by atoms with Crippen LogP contribution < -0.4 is 0 Å². The van der Waals surface area contributed by atoms with E-state index >= 15 is 0 Å². The Balaban J connectivity index is 1.84. The number of carbonyl (C=O) groups is 2. The summed E-state index contributed by atoms with van der Waals surface area (Å²) >= 11 is 0. The lowest BCUT2D eigenvalue weighted by molar-refractivity contribution is -0.151. The molecule has 2 unspecified atom stereocenters. The van der Waals surface area contributed by atoms with Gasteiger partial charge >= 0.3 is 11.9 Å². The molecule has 1 heterocycles. The minimum absolute atomic E-state index is 0.201. The van der Waals surface area contributed by atoms with E-state index in [1.807, 2.05) is 19.1 Å². The minimum Gasteiger partial charge on any atom is -0.505 e. The quantitative estimate of drug-likeness (QED) is 0.291. The molecular formula is C25H32O7. The highest BCUT2D eigenvalue weighted by atomic mass is 16.6. The third kappa shape index (κ3) is 6.99. The zero-order chi connectivity index (χ0) is 23.9. The van der Waals surface area contributed by atoms with Crippen molar-refractivity contribution < 1.29 is 34.4 Å². The number of ether oxygens (including phenoxy) is 2. The summed E-state index contributed by atoms with van der Waals surface area (Å²) in [5.74, 6) is -3.59. The molecule has 1 aliphatic heterocycles. The molecule has 3 N–H and O–H groups in total. The fourth-order valence-electron chi connectivity index (χ4n) is 3.40. The molecule has 0 amide bonds. The molecule has 0 saturated heterocycles. The predicted molar refractivity (Wildman–Crippen MR) is 121 cm³/mol. The van der Waals surface area contributed by atoms with Crippen molar-refractivity contribution in [1.29, 1.82) is 0 Å². The second-order valence-corrected chi connectivity index (χ2v) is 8.68. The Morgan fingerprint density at radius 1 is 1.28 bits per heavy atom. The van der Waals surface area contributed by atoms with Crippen molar-refractivity contribution in [2.45, 2.75) is 59.2 Å². The molecule has 0 spiro atoms. The summed E-state index contributed by atoms with van der Waals surface area (Å²) in [6.45, 7) is 7.74. The molecule has 0 aromatic carbocycles. The van der Waals surface area contributed by atoms with Crippen LogP contribution in [-0.2, 0) is 19.1 Å². The second kappa shape index (κ2) is 11.0. The first-order valence-corrected chi connectivity index (χ1v) is 10.6. The van der Waals surface area contributed by atoms with Crippen LogP contribution in [0, 0.1) is 5.41 Å². The highest BCUT2D eigenvalue weighted by molar-refractivity contribution is 5.89. The van der Waals surface area contributed by atoms with Crippen LogP contribution in [0.25, 0.3) is 0 Å². The van der Waals surface area contributed by atoms with Crippen LogP contribution in [0.4, 0.5) is 0 Å². The average Bonchev–Trinajstić information content (AvgIpc) is 2.98. The number of hydrogen-bond donors (Lipinski definition) is 3. The van der Waals surface area contributed by atoms with E-state index < -0.39 is 42.3 Å². The molecule has 7 heteroatoms. The average molecular weight is 445 g/mol. The van der Waals surface area contributed by atoms with Crippen LogP contribution in [0.15, 0.2) is 70.8 Å². The van der Waals surface area contributed by atoms with Gasteiger partial charge in [-0.15, -0.1) is 0 Å². The predicted octanol–water partition coefficient (Wildman–Crippen LogP) is 4.29. The molecule has 174 valence electrons. The number of rotatable bonds is 8. The van der Waals surface area contributed by atoms with Crippen LogP contribution in [0.5, 0.6) is 0 Å². The van der Waals surface area contributed by atoms with Crippen molar-refractivity contribution in [3.8, 4) is 0 Å². The molecule has 32 heavy (non-hydrogen) atoms. The zero-order valence-corrected chi connectivity index (χ0v) is 19.0. The molecule has 0 aromatic rings. The summed E-state index contributed by atoms with van der Waals surface area (Å²) in [5.41, 5.74) is 3.27. The Morgan fingerprint density at radius 2 is 2.00 bits per heavy atom. The fraction of sp³-hybridized carbons (Fsp3) is 0.440.